The first-order valence-corrected chi connectivity index (χ1v) is 19.1. The third kappa shape index (κ3) is 9.65. The molecule has 0 unspecified atom stereocenters. The largest absolute Gasteiger partial charge is 0.497 e. The third-order valence-electron chi connectivity index (χ3n) is 10.4. The van der Waals surface area contributed by atoms with Crippen molar-refractivity contribution < 1.29 is 62.2 Å². The summed E-state index contributed by atoms with van der Waals surface area (Å²) in [5.41, 5.74) is -2.24. The number of hydrogen-bond donors (Lipinski definition) is 0. The van der Waals surface area contributed by atoms with Crippen molar-refractivity contribution in [1.82, 2.24) is 0 Å². The summed E-state index contributed by atoms with van der Waals surface area (Å²) in [6.45, 7) is 0. The van der Waals surface area contributed by atoms with Crippen LogP contribution >= 0.6 is 0 Å². The van der Waals surface area contributed by atoms with Gasteiger partial charge in [-0.1, -0.05) is 97.1 Å². The second kappa shape index (κ2) is 17.3. The molecular formula is C50H32F12O2. The average Bonchev–Trinajstić information content (AvgIpc) is 3.27. The fraction of sp³-hybridized carbons (Fsp3) is 0.120. The minimum atomic E-state index is -4.92. The number of fused-ring (bicyclic) bond motifs is 2. The smallest absolute Gasteiger partial charge is 0.416 e. The SMILES string of the molecule is COc1ccc(-c2cccc3cccc(-c4cc(C(F)(F)F)cc(C(F)(F)F)c4)c23)cc1.COc1ccc(-c2cccc3cccc(-c4cc(C(F)(F)F)cc(C(F)(F)F)c4)c23)cc1. The molecule has 0 aliphatic carbocycles. The van der Waals surface area contributed by atoms with Crippen molar-refractivity contribution in [2.75, 3.05) is 14.2 Å². The molecule has 0 heterocycles. The Morgan fingerprint density at radius 2 is 0.547 bits per heavy atom. The molecule has 8 rings (SSSR count). The van der Waals surface area contributed by atoms with Gasteiger partial charge in [-0.3, -0.25) is 0 Å². The molecule has 0 fully saturated rings. The molecule has 2 nitrogen and oxygen atoms in total. The number of benzene rings is 8. The number of methoxy groups -OCH3 is 2. The normalized spacial score (nSPS) is 12.2. The van der Waals surface area contributed by atoms with E-state index in [0.717, 1.165) is 35.4 Å². The van der Waals surface area contributed by atoms with E-state index in [1.54, 1.807) is 109 Å². The van der Waals surface area contributed by atoms with Gasteiger partial charge in [-0.25, -0.2) is 0 Å². The van der Waals surface area contributed by atoms with E-state index in [1.165, 1.54) is 26.4 Å². The summed E-state index contributed by atoms with van der Waals surface area (Å²) in [4.78, 5) is 0. The zero-order chi connectivity index (χ0) is 46.2. The topological polar surface area (TPSA) is 18.5 Å². The van der Waals surface area contributed by atoms with Gasteiger partial charge in [0.15, 0.2) is 0 Å². The highest BCUT2D eigenvalue weighted by Crippen LogP contribution is 2.44. The average molecular weight is 893 g/mol. The zero-order valence-corrected chi connectivity index (χ0v) is 33.4. The van der Waals surface area contributed by atoms with Crippen LogP contribution in [0.5, 0.6) is 11.5 Å². The van der Waals surface area contributed by atoms with Gasteiger partial charge in [0.25, 0.3) is 0 Å². The number of alkyl halides is 12. The van der Waals surface area contributed by atoms with Crippen molar-refractivity contribution in [2.45, 2.75) is 24.7 Å². The molecule has 0 bridgehead atoms. The number of halogens is 12. The maximum Gasteiger partial charge on any atom is 0.416 e. The van der Waals surface area contributed by atoms with Crippen LogP contribution in [0.2, 0.25) is 0 Å². The van der Waals surface area contributed by atoms with E-state index < -0.39 is 47.0 Å². The predicted molar refractivity (Wildman–Crippen MR) is 223 cm³/mol. The van der Waals surface area contributed by atoms with Crippen LogP contribution < -0.4 is 9.47 Å². The summed E-state index contributed by atoms with van der Waals surface area (Å²) in [5, 5.41) is 2.52. The molecule has 14 heteroatoms. The molecule has 0 aliphatic heterocycles. The molecule has 8 aromatic carbocycles. The van der Waals surface area contributed by atoms with Crippen LogP contribution in [0.25, 0.3) is 66.1 Å². The molecule has 0 aliphatic rings. The Labute approximate surface area is 357 Å². The van der Waals surface area contributed by atoms with E-state index in [9.17, 15) is 52.7 Å². The fourth-order valence-corrected chi connectivity index (χ4v) is 7.41. The Balaban J connectivity index is 0.000000191. The van der Waals surface area contributed by atoms with Crippen LogP contribution in [0.4, 0.5) is 52.7 Å². The van der Waals surface area contributed by atoms with Gasteiger partial charge in [0.2, 0.25) is 0 Å². The summed E-state index contributed by atoms with van der Waals surface area (Å²) in [6, 6.07) is 37.9. The molecule has 8 aromatic rings. The lowest BCUT2D eigenvalue weighted by Crippen LogP contribution is -2.11. The molecule has 0 saturated carbocycles. The Hall–Kier alpha value is -6.96. The monoisotopic (exact) mass is 892 g/mol. The van der Waals surface area contributed by atoms with Crippen LogP contribution in [-0.4, -0.2) is 14.2 Å². The maximum absolute atomic E-state index is 13.4. The highest BCUT2D eigenvalue weighted by molar-refractivity contribution is 6.07. The van der Waals surface area contributed by atoms with Crippen molar-refractivity contribution in [3.8, 4) is 56.0 Å². The molecule has 0 amide bonds. The van der Waals surface area contributed by atoms with Gasteiger partial charge in [0.1, 0.15) is 11.5 Å². The summed E-state index contributed by atoms with van der Waals surface area (Å²) in [5.74, 6) is 1.25. The van der Waals surface area contributed by atoms with E-state index >= 15 is 0 Å². The van der Waals surface area contributed by atoms with E-state index in [4.69, 9.17) is 9.47 Å². The molecule has 64 heavy (non-hydrogen) atoms. The van der Waals surface area contributed by atoms with Gasteiger partial charge in [0.05, 0.1) is 36.5 Å². The lowest BCUT2D eigenvalue weighted by atomic mass is 9.90. The second-order valence-electron chi connectivity index (χ2n) is 14.5. The van der Waals surface area contributed by atoms with Crippen molar-refractivity contribution in [3.63, 3.8) is 0 Å². The maximum atomic E-state index is 13.4. The summed E-state index contributed by atoms with van der Waals surface area (Å²) >= 11 is 0. The standard InChI is InChI=1S/2C25H16F6O/c2*1-32-20-10-8-15(9-11-20)21-6-2-4-16-5-3-7-22(23(16)21)17-12-18(24(26,27)28)14-19(13-17)25(29,30)31/h2*2-14H,1H3. The van der Waals surface area contributed by atoms with Gasteiger partial charge in [-0.15, -0.1) is 0 Å². The molecule has 0 atom stereocenters. The number of rotatable bonds is 6. The van der Waals surface area contributed by atoms with E-state index in [1.807, 2.05) is 0 Å². The minimum absolute atomic E-state index is 0.138. The van der Waals surface area contributed by atoms with Crippen molar-refractivity contribution in [2.24, 2.45) is 0 Å². The Morgan fingerprint density at radius 1 is 0.297 bits per heavy atom. The summed E-state index contributed by atoms with van der Waals surface area (Å²) in [6.07, 6.45) is -19.7. The first kappa shape index (κ1) is 45.1. The molecule has 0 radical (unpaired) electrons. The van der Waals surface area contributed by atoms with Crippen LogP contribution in [-0.2, 0) is 24.7 Å². The Kier molecular flexibility index (Phi) is 12.2. The van der Waals surface area contributed by atoms with E-state index in [2.05, 4.69) is 0 Å². The first-order valence-electron chi connectivity index (χ1n) is 19.1. The Bertz CT molecular complexity index is 2670. The van der Waals surface area contributed by atoms with Crippen LogP contribution in [0.3, 0.4) is 0 Å². The number of ether oxygens (including phenoxy) is 2. The summed E-state index contributed by atoms with van der Waals surface area (Å²) < 4.78 is 171. The van der Waals surface area contributed by atoms with Gasteiger partial charge >= 0.3 is 24.7 Å². The molecular weight excluding hydrogens is 861 g/mol. The first-order chi connectivity index (χ1) is 30.1. The second-order valence-corrected chi connectivity index (χ2v) is 14.5. The van der Waals surface area contributed by atoms with E-state index in [0.29, 0.717) is 44.2 Å². The highest BCUT2D eigenvalue weighted by atomic mass is 19.4. The van der Waals surface area contributed by atoms with Crippen molar-refractivity contribution in [3.05, 3.63) is 180 Å². The van der Waals surface area contributed by atoms with Crippen LogP contribution in [0.15, 0.2) is 158 Å². The van der Waals surface area contributed by atoms with Crippen molar-refractivity contribution >= 4 is 21.5 Å². The molecule has 0 spiro atoms. The Morgan fingerprint density at radius 3 is 0.781 bits per heavy atom. The molecule has 0 N–H and O–H groups in total. The van der Waals surface area contributed by atoms with E-state index in [-0.39, 0.29) is 34.4 Å². The highest BCUT2D eigenvalue weighted by Gasteiger charge is 2.38. The van der Waals surface area contributed by atoms with Gasteiger partial charge < -0.3 is 9.47 Å². The summed E-state index contributed by atoms with van der Waals surface area (Å²) in [7, 11) is 3.05. The van der Waals surface area contributed by atoms with Gasteiger partial charge in [0, 0.05) is 0 Å². The lowest BCUT2D eigenvalue weighted by Gasteiger charge is -2.17. The lowest BCUT2D eigenvalue weighted by molar-refractivity contribution is -0.144. The quantitative estimate of drug-likeness (QED) is 0.155. The minimum Gasteiger partial charge on any atom is -0.497 e. The van der Waals surface area contributed by atoms with Gasteiger partial charge in [-0.2, -0.15) is 52.7 Å². The number of hydrogen-bond acceptors (Lipinski definition) is 2. The zero-order valence-electron chi connectivity index (χ0n) is 33.4. The van der Waals surface area contributed by atoms with Gasteiger partial charge in [-0.05, 0) is 127 Å². The fourth-order valence-electron chi connectivity index (χ4n) is 7.41. The predicted octanol–water partition coefficient (Wildman–Crippen LogP) is 16.4. The van der Waals surface area contributed by atoms with Crippen LogP contribution in [0.1, 0.15) is 22.3 Å². The third-order valence-corrected chi connectivity index (χ3v) is 10.4. The van der Waals surface area contributed by atoms with Crippen LogP contribution in [0, 0.1) is 0 Å². The molecule has 0 aromatic heterocycles. The van der Waals surface area contributed by atoms with Crippen molar-refractivity contribution in [1.29, 1.82) is 0 Å². The molecule has 328 valence electrons. The molecule has 0 saturated heterocycles.